The Morgan fingerprint density at radius 3 is 2.40 bits per heavy atom. The molecule has 0 heterocycles. The van der Waals surface area contributed by atoms with Crippen LogP contribution in [0.5, 0.6) is 11.5 Å². The van der Waals surface area contributed by atoms with E-state index in [0.29, 0.717) is 5.69 Å². The number of phenols is 1. The fourth-order valence-corrected chi connectivity index (χ4v) is 2.45. The van der Waals surface area contributed by atoms with Gasteiger partial charge in [-0.25, -0.2) is 4.79 Å². The normalized spacial score (nSPS) is 11.1. The van der Waals surface area contributed by atoms with Gasteiger partial charge in [0.2, 0.25) is 0 Å². The first-order valence-electron chi connectivity index (χ1n) is 8.25. The molecule has 2 aromatic rings. The molecule has 5 nitrogen and oxygen atoms in total. The molecule has 25 heavy (non-hydrogen) atoms. The smallest absolute Gasteiger partial charge is 0.321 e. The van der Waals surface area contributed by atoms with Crippen LogP contribution >= 0.6 is 0 Å². The summed E-state index contributed by atoms with van der Waals surface area (Å²) in [6.07, 6.45) is 0. The van der Waals surface area contributed by atoms with Gasteiger partial charge in [0.15, 0.2) is 6.73 Å². The number of benzene rings is 2. The molecule has 2 amide bonds. The number of rotatable bonds is 4. The largest absolute Gasteiger partial charge is 0.506 e. The summed E-state index contributed by atoms with van der Waals surface area (Å²) in [4.78, 5) is 12.0. The van der Waals surface area contributed by atoms with Crippen molar-refractivity contribution in [3.8, 4) is 11.5 Å². The molecule has 2 rings (SSSR count). The second-order valence-corrected chi connectivity index (χ2v) is 7.19. The number of hydrogen-bond acceptors (Lipinski definition) is 3. The second-order valence-electron chi connectivity index (χ2n) is 7.19. The maximum Gasteiger partial charge on any atom is 0.321 e. The zero-order valence-electron chi connectivity index (χ0n) is 15.4. The molecule has 0 spiro atoms. The molecule has 0 aliphatic rings. The zero-order valence-corrected chi connectivity index (χ0v) is 15.4. The van der Waals surface area contributed by atoms with Crippen molar-refractivity contribution in [3.05, 3.63) is 53.1 Å². The van der Waals surface area contributed by atoms with E-state index >= 15 is 0 Å². The van der Waals surface area contributed by atoms with Crippen molar-refractivity contribution >= 4 is 11.7 Å². The Kier molecular flexibility index (Phi) is 5.57. The van der Waals surface area contributed by atoms with Crippen LogP contribution in [0.2, 0.25) is 0 Å². The highest BCUT2D eigenvalue weighted by atomic mass is 16.5. The van der Waals surface area contributed by atoms with Crippen LogP contribution in [0, 0.1) is 13.8 Å². The van der Waals surface area contributed by atoms with Gasteiger partial charge in [-0.2, -0.15) is 0 Å². The summed E-state index contributed by atoms with van der Waals surface area (Å²) >= 11 is 0. The Balaban J connectivity index is 1.97. The van der Waals surface area contributed by atoms with Gasteiger partial charge < -0.3 is 20.5 Å². The number of carbonyl (C=O) groups is 1. The number of nitrogens with one attached hydrogen (secondary N) is 2. The molecule has 0 unspecified atom stereocenters. The monoisotopic (exact) mass is 342 g/mol. The van der Waals surface area contributed by atoms with E-state index in [0.717, 1.165) is 22.4 Å². The highest BCUT2D eigenvalue weighted by Crippen LogP contribution is 2.32. The van der Waals surface area contributed by atoms with E-state index in [1.165, 1.54) is 0 Å². The summed E-state index contributed by atoms with van der Waals surface area (Å²) in [7, 11) is 0. The van der Waals surface area contributed by atoms with Crippen LogP contribution < -0.4 is 15.4 Å². The maximum atomic E-state index is 12.0. The van der Waals surface area contributed by atoms with Crippen LogP contribution in [0.25, 0.3) is 0 Å². The molecule has 3 N–H and O–H groups in total. The Bertz CT molecular complexity index is 764. The SMILES string of the molecule is Cc1ccc(O)c(NC(=O)NCOc2ccc(C)cc2C(C)(C)C)c1. The average Bonchev–Trinajstić information content (AvgIpc) is 2.51. The fraction of sp³-hybridized carbons (Fsp3) is 0.350. The van der Waals surface area contributed by atoms with E-state index in [2.05, 4.69) is 37.5 Å². The molecule has 0 bridgehead atoms. The Labute approximate surface area is 149 Å². The number of aryl methyl sites for hydroxylation is 2. The predicted molar refractivity (Wildman–Crippen MR) is 100 cm³/mol. The number of urea groups is 1. The summed E-state index contributed by atoms with van der Waals surface area (Å²) in [5.74, 6) is 0.770. The molecule has 134 valence electrons. The van der Waals surface area contributed by atoms with Gasteiger partial charge >= 0.3 is 6.03 Å². The minimum atomic E-state index is -0.440. The van der Waals surface area contributed by atoms with Gasteiger partial charge in [0.25, 0.3) is 0 Å². The molecule has 0 saturated heterocycles. The van der Waals surface area contributed by atoms with Crippen molar-refractivity contribution < 1.29 is 14.6 Å². The van der Waals surface area contributed by atoms with Gasteiger partial charge in [-0.15, -0.1) is 0 Å². The summed E-state index contributed by atoms with van der Waals surface area (Å²) in [6.45, 7) is 10.3. The first-order chi connectivity index (χ1) is 11.7. The van der Waals surface area contributed by atoms with Gasteiger partial charge in [-0.05, 0) is 48.6 Å². The topological polar surface area (TPSA) is 70.6 Å². The molecule has 5 heteroatoms. The molecule has 0 aliphatic carbocycles. The summed E-state index contributed by atoms with van der Waals surface area (Å²) < 4.78 is 5.75. The number of phenolic OH excluding ortho intramolecular Hbond substituents is 1. The quantitative estimate of drug-likeness (QED) is 0.567. The molecule has 0 atom stereocenters. The van der Waals surface area contributed by atoms with E-state index < -0.39 is 6.03 Å². The third kappa shape index (κ3) is 5.14. The van der Waals surface area contributed by atoms with Crippen molar-refractivity contribution in [2.45, 2.75) is 40.0 Å². The standard InChI is InChI=1S/C20H26N2O3/c1-13-7-9-18(15(10-13)20(3,4)5)25-12-21-19(24)22-16-11-14(2)6-8-17(16)23/h6-11,23H,12H2,1-5H3,(H2,21,22,24). The second kappa shape index (κ2) is 7.47. The lowest BCUT2D eigenvalue weighted by Crippen LogP contribution is -2.32. The van der Waals surface area contributed by atoms with Gasteiger partial charge in [-0.1, -0.05) is 44.5 Å². The van der Waals surface area contributed by atoms with E-state index in [1.54, 1.807) is 18.2 Å². The number of carbonyl (C=O) groups excluding carboxylic acids is 1. The molecule has 0 radical (unpaired) electrons. The molecular formula is C20H26N2O3. The minimum absolute atomic E-state index is 0.0234. The predicted octanol–water partition coefficient (Wildman–Crippen LogP) is 4.46. The van der Waals surface area contributed by atoms with Gasteiger partial charge in [0, 0.05) is 0 Å². The maximum absolute atomic E-state index is 12.0. The lowest BCUT2D eigenvalue weighted by molar-refractivity contribution is 0.233. The number of ether oxygens (including phenoxy) is 1. The lowest BCUT2D eigenvalue weighted by Gasteiger charge is -2.23. The minimum Gasteiger partial charge on any atom is -0.506 e. The Hall–Kier alpha value is -2.69. The fourth-order valence-electron chi connectivity index (χ4n) is 2.45. The number of aromatic hydroxyl groups is 1. The first kappa shape index (κ1) is 18.6. The number of amides is 2. The van der Waals surface area contributed by atoms with Crippen molar-refractivity contribution in [2.24, 2.45) is 0 Å². The molecule has 0 fully saturated rings. The Morgan fingerprint density at radius 1 is 1.08 bits per heavy atom. The van der Waals surface area contributed by atoms with Gasteiger partial charge in [0.05, 0.1) is 5.69 Å². The van der Waals surface area contributed by atoms with Crippen LogP contribution in [0.4, 0.5) is 10.5 Å². The highest BCUT2D eigenvalue weighted by Gasteiger charge is 2.19. The molecule has 2 aromatic carbocycles. The van der Waals surface area contributed by atoms with Crippen molar-refractivity contribution in [1.82, 2.24) is 5.32 Å². The summed E-state index contributed by atoms with van der Waals surface area (Å²) in [5.41, 5.74) is 3.50. The first-order valence-corrected chi connectivity index (χ1v) is 8.25. The van der Waals surface area contributed by atoms with Crippen molar-refractivity contribution in [3.63, 3.8) is 0 Å². The average molecular weight is 342 g/mol. The van der Waals surface area contributed by atoms with E-state index in [9.17, 15) is 9.90 Å². The van der Waals surface area contributed by atoms with Crippen LogP contribution in [0.15, 0.2) is 36.4 Å². The summed E-state index contributed by atoms with van der Waals surface area (Å²) in [5, 5.41) is 15.0. The van der Waals surface area contributed by atoms with Gasteiger partial charge in [0.1, 0.15) is 11.5 Å². The zero-order chi connectivity index (χ0) is 18.6. The third-order valence-electron chi connectivity index (χ3n) is 3.80. The number of anilines is 1. The van der Waals surface area contributed by atoms with Crippen LogP contribution in [-0.2, 0) is 5.41 Å². The summed E-state index contributed by atoms with van der Waals surface area (Å²) in [6, 6.07) is 10.6. The van der Waals surface area contributed by atoms with E-state index in [1.807, 2.05) is 26.0 Å². The van der Waals surface area contributed by atoms with Crippen molar-refractivity contribution in [2.75, 3.05) is 12.0 Å². The van der Waals surface area contributed by atoms with Gasteiger partial charge in [-0.3, -0.25) is 0 Å². The lowest BCUT2D eigenvalue weighted by atomic mass is 9.85. The molecular weight excluding hydrogens is 316 g/mol. The van der Waals surface area contributed by atoms with Crippen molar-refractivity contribution in [1.29, 1.82) is 0 Å². The highest BCUT2D eigenvalue weighted by molar-refractivity contribution is 5.90. The molecule has 0 aliphatic heterocycles. The van der Waals surface area contributed by atoms with E-state index in [-0.39, 0.29) is 17.9 Å². The molecule has 0 saturated carbocycles. The van der Waals surface area contributed by atoms with Crippen LogP contribution in [-0.4, -0.2) is 17.9 Å². The third-order valence-corrected chi connectivity index (χ3v) is 3.80. The van der Waals surface area contributed by atoms with Crippen LogP contribution in [0.3, 0.4) is 0 Å². The molecule has 0 aromatic heterocycles. The Morgan fingerprint density at radius 2 is 1.72 bits per heavy atom. The van der Waals surface area contributed by atoms with Crippen LogP contribution in [0.1, 0.15) is 37.5 Å². The number of hydrogen-bond donors (Lipinski definition) is 3. The van der Waals surface area contributed by atoms with E-state index in [4.69, 9.17) is 4.74 Å².